The Morgan fingerprint density at radius 3 is 2.41 bits per heavy atom. The van der Waals surface area contributed by atoms with E-state index in [1.807, 2.05) is 18.2 Å². The van der Waals surface area contributed by atoms with Crippen LogP contribution in [-0.2, 0) is 9.59 Å². The van der Waals surface area contributed by atoms with Crippen LogP contribution in [0.25, 0.3) is 0 Å². The molecule has 0 radical (unpaired) electrons. The smallest absolute Gasteiger partial charge is 0.253 e. The number of carbonyl (C=O) groups excluding carboxylic acids is 2. The molecule has 148 valence electrons. The normalized spacial score (nSPS) is 10.4. The zero-order valence-corrected chi connectivity index (χ0v) is 17.6. The number of halogens is 1. The third-order valence-electron chi connectivity index (χ3n) is 3.28. The van der Waals surface area contributed by atoms with E-state index in [2.05, 4.69) is 40.8 Å². The summed E-state index contributed by atoms with van der Waals surface area (Å²) in [5.74, 6) is -0.634. The highest BCUT2D eigenvalue weighted by molar-refractivity contribution is 9.10. The lowest BCUT2D eigenvalue weighted by atomic mass is 10.3. The summed E-state index contributed by atoms with van der Waals surface area (Å²) in [6.45, 7) is 2.44. The Labute approximate surface area is 178 Å². The van der Waals surface area contributed by atoms with Crippen molar-refractivity contribution in [1.29, 1.82) is 0 Å². The predicted octanol–water partition coefficient (Wildman–Crippen LogP) is 2.85. The molecule has 0 aliphatic carbocycles. The van der Waals surface area contributed by atoms with E-state index in [1.165, 1.54) is 20.0 Å². The number of nitrogen functional groups attached to an aromatic ring is 1. The second-order valence-electron chi connectivity index (χ2n) is 5.47. The maximum atomic E-state index is 11.8. The Morgan fingerprint density at radius 1 is 1.07 bits per heavy atom. The summed E-state index contributed by atoms with van der Waals surface area (Å²) in [7, 11) is 0. The van der Waals surface area contributed by atoms with Gasteiger partial charge in [0.2, 0.25) is 28.9 Å². The molecule has 2 aromatic heterocycles. The minimum absolute atomic E-state index is 0.120. The lowest BCUT2D eigenvalue weighted by Gasteiger charge is -2.15. The van der Waals surface area contributed by atoms with Gasteiger partial charge in [0.15, 0.2) is 5.03 Å². The fourth-order valence-electron chi connectivity index (χ4n) is 2.17. The van der Waals surface area contributed by atoms with Crippen molar-refractivity contribution >= 4 is 51.4 Å². The molecule has 3 aromatic rings. The number of carbonyl (C=O) groups is 2. The van der Waals surface area contributed by atoms with Crippen molar-refractivity contribution in [3.8, 4) is 11.6 Å². The van der Waals surface area contributed by atoms with Crippen LogP contribution < -0.4 is 15.4 Å². The molecule has 2 amide bonds. The summed E-state index contributed by atoms with van der Waals surface area (Å²) in [6.07, 6.45) is 1.49. The van der Waals surface area contributed by atoms with Gasteiger partial charge in [0.05, 0.1) is 6.20 Å². The molecular weight excluding hydrogens is 462 g/mol. The van der Waals surface area contributed by atoms with Crippen molar-refractivity contribution in [3.05, 3.63) is 41.1 Å². The molecule has 0 aliphatic rings. The van der Waals surface area contributed by atoms with Gasteiger partial charge in [0.25, 0.3) is 5.88 Å². The van der Waals surface area contributed by atoms with Crippen LogP contribution in [0.3, 0.4) is 0 Å². The Balaban J connectivity index is 1.96. The number of nitrogens with zero attached hydrogens (tertiary/aromatic N) is 6. The number of benzene rings is 1. The van der Waals surface area contributed by atoms with Gasteiger partial charge < -0.3 is 10.5 Å². The number of hydrogen-bond donors (Lipinski definition) is 1. The molecule has 3 rings (SSSR count). The van der Waals surface area contributed by atoms with Crippen molar-refractivity contribution in [2.24, 2.45) is 0 Å². The molecule has 29 heavy (non-hydrogen) atoms. The topological polar surface area (TPSA) is 137 Å². The zero-order valence-electron chi connectivity index (χ0n) is 15.2. The van der Waals surface area contributed by atoms with Gasteiger partial charge in [-0.05, 0) is 39.8 Å². The number of amides is 2. The van der Waals surface area contributed by atoms with Crippen LogP contribution in [0.1, 0.15) is 13.8 Å². The molecule has 0 fully saturated rings. The molecule has 0 bridgehead atoms. The van der Waals surface area contributed by atoms with Crippen LogP contribution in [0.2, 0.25) is 0 Å². The average Bonchev–Trinajstić information content (AvgIpc) is 2.64. The lowest BCUT2D eigenvalue weighted by molar-refractivity contribution is -0.124. The van der Waals surface area contributed by atoms with E-state index in [9.17, 15) is 9.59 Å². The number of ether oxygens (including phenoxy) is 1. The largest absolute Gasteiger partial charge is 0.437 e. The molecule has 2 heterocycles. The molecular formula is C17H14BrN7O3S. The third-order valence-corrected chi connectivity index (χ3v) is 4.50. The minimum Gasteiger partial charge on any atom is -0.437 e. The van der Waals surface area contributed by atoms with Crippen LogP contribution in [0.15, 0.2) is 51.3 Å². The zero-order chi connectivity index (χ0) is 21.0. The molecule has 0 saturated heterocycles. The molecule has 2 N–H and O–H groups in total. The summed E-state index contributed by atoms with van der Waals surface area (Å²) in [4.78, 5) is 45.0. The van der Waals surface area contributed by atoms with E-state index >= 15 is 0 Å². The van der Waals surface area contributed by atoms with Crippen molar-refractivity contribution in [1.82, 2.24) is 24.9 Å². The van der Waals surface area contributed by atoms with E-state index in [0.717, 1.165) is 16.7 Å². The van der Waals surface area contributed by atoms with Gasteiger partial charge in [-0.1, -0.05) is 18.2 Å². The molecule has 0 unspecified atom stereocenters. The van der Waals surface area contributed by atoms with Crippen LogP contribution >= 0.6 is 27.7 Å². The number of imide groups is 1. The monoisotopic (exact) mass is 475 g/mol. The number of hydrogen-bond acceptors (Lipinski definition) is 10. The highest BCUT2D eigenvalue weighted by Crippen LogP contribution is 2.34. The molecule has 1 aromatic carbocycles. The summed E-state index contributed by atoms with van der Waals surface area (Å²) < 4.78 is 6.28. The van der Waals surface area contributed by atoms with Crippen molar-refractivity contribution in [2.45, 2.75) is 24.0 Å². The quantitative estimate of drug-likeness (QED) is 0.585. The van der Waals surface area contributed by atoms with Gasteiger partial charge in [0, 0.05) is 13.8 Å². The first-order valence-corrected chi connectivity index (χ1v) is 9.70. The third kappa shape index (κ3) is 5.23. The highest BCUT2D eigenvalue weighted by atomic mass is 79.9. The number of anilines is 2. The Hall–Kier alpha value is -3.12. The maximum absolute atomic E-state index is 11.8. The van der Waals surface area contributed by atoms with Crippen molar-refractivity contribution in [2.75, 3.05) is 10.6 Å². The highest BCUT2D eigenvalue weighted by Gasteiger charge is 2.22. The van der Waals surface area contributed by atoms with E-state index in [-0.39, 0.29) is 22.9 Å². The standard InChI is InChI=1S/C17H14BrN7O3S/c1-9(26)25(10(2)27)16-22-15(19)23-17(24-16)29-14-13(21-12(18)8-20-14)28-11-6-4-3-5-7-11/h3-8H,1-2H3,(H2,19,22,23,24). The van der Waals surface area contributed by atoms with Gasteiger partial charge in [0.1, 0.15) is 10.4 Å². The second kappa shape index (κ2) is 8.92. The molecule has 10 nitrogen and oxygen atoms in total. The first-order valence-electron chi connectivity index (χ1n) is 8.09. The molecule has 0 atom stereocenters. The first-order chi connectivity index (χ1) is 13.8. The van der Waals surface area contributed by atoms with Gasteiger partial charge in [-0.3, -0.25) is 9.59 Å². The first kappa shape index (κ1) is 20.6. The number of aromatic nitrogens is 5. The van der Waals surface area contributed by atoms with E-state index < -0.39 is 11.8 Å². The van der Waals surface area contributed by atoms with Gasteiger partial charge in [-0.25, -0.2) is 14.9 Å². The fourth-order valence-corrected chi connectivity index (χ4v) is 3.16. The van der Waals surface area contributed by atoms with Crippen molar-refractivity contribution < 1.29 is 14.3 Å². The minimum atomic E-state index is -0.546. The molecule has 12 heteroatoms. The number of nitrogens with two attached hydrogens (primary N) is 1. The lowest BCUT2D eigenvalue weighted by Crippen LogP contribution is -2.35. The fraction of sp³-hybridized carbons (Fsp3) is 0.118. The molecule has 0 saturated carbocycles. The second-order valence-corrected chi connectivity index (χ2v) is 7.24. The Morgan fingerprint density at radius 2 is 1.76 bits per heavy atom. The molecule has 0 spiro atoms. The van der Waals surface area contributed by atoms with Crippen LogP contribution in [0, 0.1) is 0 Å². The van der Waals surface area contributed by atoms with Crippen LogP contribution in [-0.4, -0.2) is 36.7 Å². The van der Waals surface area contributed by atoms with E-state index in [1.54, 1.807) is 12.1 Å². The number of para-hydroxylation sites is 1. The van der Waals surface area contributed by atoms with E-state index in [0.29, 0.717) is 15.4 Å². The summed E-state index contributed by atoms with van der Waals surface area (Å²) in [5.41, 5.74) is 5.74. The van der Waals surface area contributed by atoms with Crippen LogP contribution in [0.4, 0.5) is 11.9 Å². The summed E-state index contributed by atoms with van der Waals surface area (Å²) >= 11 is 4.26. The SMILES string of the molecule is CC(=O)N(C(C)=O)c1nc(N)nc(Sc2ncc(Br)nc2Oc2ccccc2)n1. The summed E-state index contributed by atoms with van der Waals surface area (Å²) in [5, 5.41) is 0.473. The van der Waals surface area contributed by atoms with Crippen LogP contribution in [0.5, 0.6) is 11.6 Å². The average molecular weight is 476 g/mol. The Bertz CT molecular complexity index is 1050. The van der Waals surface area contributed by atoms with Crippen molar-refractivity contribution in [3.63, 3.8) is 0 Å². The number of rotatable bonds is 5. The predicted molar refractivity (Wildman–Crippen MR) is 108 cm³/mol. The van der Waals surface area contributed by atoms with Gasteiger partial charge >= 0.3 is 0 Å². The molecule has 0 aliphatic heterocycles. The Kier molecular flexibility index (Phi) is 6.34. The van der Waals surface area contributed by atoms with Gasteiger partial charge in [-0.2, -0.15) is 15.0 Å². The van der Waals surface area contributed by atoms with Gasteiger partial charge in [-0.15, -0.1) is 0 Å². The van der Waals surface area contributed by atoms with E-state index in [4.69, 9.17) is 10.5 Å². The maximum Gasteiger partial charge on any atom is 0.253 e. The summed E-state index contributed by atoms with van der Waals surface area (Å²) in [6, 6.07) is 9.05.